The highest BCUT2D eigenvalue weighted by Gasteiger charge is 2.36. The third-order valence-corrected chi connectivity index (χ3v) is 6.73. The summed E-state index contributed by atoms with van der Waals surface area (Å²) >= 11 is 0. The molecule has 0 spiro atoms. The van der Waals surface area contributed by atoms with Crippen molar-refractivity contribution in [3.05, 3.63) is 75.8 Å². The molecule has 40 heavy (non-hydrogen) atoms. The van der Waals surface area contributed by atoms with Crippen LogP contribution < -0.4 is 20.9 Å². The van der Waals surface area contributed by atoms with Crippen LogP contribution in [0.2, 0.25) is 0 Å². The highest BCUT2D eigenvalue weighted by atomic mass is 19.1. The van der Waals surface area contributed by atoms with E-state index in [9.17, 15) is 10.1 Å². The second kappa shape index (κ2) is 11.5. The molecule has 0 saturated heterocycles. The Labute approximate surface area is 233 Å². The number of halogens is 1. The molecule has 0 fully saturated rings. The minimum Gasteiger partial charge on any atom is -0.373 e. The molecule has 0 aliphatic carbocycles. The van der Waals surface area contributed by atoms with E-state index in [4.69, 9.17) is 10.7 Å². The molecule has 9 nitrogen and oxygen atoms in total. The maximum atomic E-state index is 15.3. The summed E-state index contributed by atoms with van der Waals surface area (Å²) < 4.78 is 15.3. The predicted molar refractivity (Wildman–Crippen MR) is 153 cm³/mol. The molecule has 0 unspecified atom stereocenters. The van der Waals surface area contributed by atoms with Gasteiger partial charge in [0.1, 0.15) is 23.1 Å². The van der Waals surface area contributed by atoms with Gasteiger partial charge in [-0.05, 0) is 85.1 Å². The Morgan fingerprint density at radius 1 is 1.15 bits per heavy atom. The molecule has 4 rings (SSSR count). The number of carbonyl (C=O) groups excluding carboxylic acids is 1. The summed E-state index contributed by atoms with van der Waals surface area (Å²) in [4.78, 5) is 20.0. The number of anilines is 2. The molecule has 4 N–H and O–H groups in total. The Balaban J connectivity index is 1.87. The van der Waals surface area contributed by atoms with Gasteiger partial charge < -0.3 is 16.0 Å². The third kappa shape index (κ3) is 5.63. The minimum atomic E-state index is -1.66. The number of nitriles is 2. The Hall–Kier alpha value is -4.80. The summed E-state index contributed by atoms with van der Waals surface area (Å²) in [7, 11) is 3.44. The van der Waals surface area contributed by atoms with E-state index in [0.29, 0.717) is 63.7 Å². The minimum absolute atomic E-state index is 0.141. The predicted octanol–water partition coefficient (Wildman–Crippen LogP) is 4.58. The first-order chi connectivity index (χ1) is 19.1. The van der Waals surface area contributed by atoms with Crippen molar-refractivity contribution in [3.63, 3.8) is 0 Å². The largest absolute Gasteiger partial charge is 0.373 e. The fourth-order valence-electron chi connectivity index (χ4n) is 4.84. The lowest BCUT2D eigenvalue weighted by atomic mass is 9.90. The van der Waals surface area contributed by atoms with Crippen LogP contribution in [-0.4, -0.2) is 37.4 Å². The van der Waals surface area contributed by atoms with Crippen molar-refractivity contribution in [2.45, 2.75) is 39.0 Å². The Morgan fingerprint density at radius 2 is 1.93 bits per heavy atom. The number of pyridine rings is 1. The van der Waals surface area contributed by atoms with Crippen LogP contribution in [0.3, 0.4) is 0 Å². The van der Waals surface area contributed by atoms with Gasteiger partial charge in [0.2, 0.25) is 0 Å². The van der Waals surface area contributed by atoms with Crippen molar-refractivity contribution >= 4 is 23.4 Å². The maximum absolute atomic E-state index is 15.3. The smallest absolute Gasteiger partial charge is 0.260 e. The molecule has 0 atom stereocenters. The first-order valence-electron chi connectivity index (χ1n) is 12.9. The van der Waals surface area contributed by atoms with Gasteiger partial charge in [-0.25, -0.2) is 9.37 Å². The second-order valence-electron chi connectivity index (χ2n) is 9.99. The van der Waals surface area contributed by atoms with Crippen LogP contribution in [0.5, 0.6) is 0 Å². The van der Waals surface area contributed by atoms with Gasteiger partial charge in [0.05, 0.1) is 30.7 Å². The number of alkyl halides is 1. The van der Waals surface area contributed by atoms with Crippen LogP contribution in [0, 0.1) is 28.1 Å². The highest BCUT2D eigenvalue weighted by molar-refractivity contribution is 6.10. The number of benzene rings is 2. The normalized spacial score (nSPS) is 12.5. The van der Waals surface area contributed by atoms with E-state index in [-0.39, 0.29) is 24.7 Å². The van der Waals surface area contributed by atoms with Gasteiger partial charge in [-0.1, -0.05) is 6.07 Å². The second-order valence-corrected chi connectivity index (χ2v) is 9.99. The van der Waals surface area contributed by atoms with Gasteiger partial charge in [0.25, 0.3) is 5.91 Å². The summed E-state index contributed by atoms with van der Waals surface area (Å²) in [6, 6.07) is 16.3. The van der Waals surface area contributed by atoms with E-state index in [1.54, 1.807) is 56.6 Å². The van der Waals surface area contributed by atoms with Crippen LogP contribution >= 0.6 is 0 Å². The van der Waals surface area contributed by atoms with E-state index >= 15 is 4.39 Å². The zero-order valence-corrected chi connectivity index (χ0v) is 22.9. The number of amides is 1. The number of nitrogens with one attached hydrogen (secondary N) is 4. The molecule has 10 heteroatoms. The molecule has 0 saturated carbocycles. The van der Waals surface area contributed by atoms with Gasteiger partial charge in [-0.15, -0.1) is 0 Å². The number of carbonyl (C=O) groups is 1. The standard InChI is InChI=1S/C30H31FN8O/c1-30(2,31)25-12-19(16-35-3)11-23-24(25)17-39(29(23)40)27-14-20(13-26(38-27)37-9-5-8-32)22-10-18(15-33)6-7-21(22)28(34)36-4/h6-7,10-14,35H,5,9,16-17H2,1-4H3,(H2,34,36)(H,37,38). The first kappa shape index (κ1) is 28.2. The zero-order valence-electron chi connectivity index (χ0n) is 22.9. The van der Waals surface area contributed by atoms with Gasteiger partial charge >= 0.3 is 0 Å². The van der Waals surface area contributed by atoms with E-state index in [0.717, 1.165) is 5.56 Å². The van der Waals surface area contributed by atoms with E-state index in [1.807, 2.05) is 0 Å². The molecule has 1 aromatic heterocycles. The lowest BCUT2D eigenvalue weighted by Crippen LogP contribution is -2.25. The van der Waals surface area contributed by atoms with Gasteiger partial charge in [-0.3, -0.25) is 15.1 Å². The van der Waals surface area contributed by atoms with Crippen molar-refractivity contribution in [2.24, 2.45) is 0 Å². The molecule has 204 valence electrons. The quantitative estimate of drug-likeness (QED) is 0.178. The van der Waals surface area contributed by atoms with Crippen LogP contribution in [0.15, 0.2) is 42.5 Å². The zero-order chi connectivity index (χ0) is 29.0. The van der Waals surface area contributed by atoms with Gasteiger partial charge in [-0.2, -0.15) is 10.5 Å². The van der Waals surface area contributed by atoms with Crippen molar-refractivity contribution < 1.29 is 9.18 Å². The van der Waals surface area contributed by atoms with Crippen molar-refractivity contribution in [1.82, 2.24) is 15.6 Å². The Bertz CT molecular complexity index is 1560. The average Bonchev–Trinajstić information content (AvgIpc) is 3.27. The first-order valence-corrected chi connectivity index (χ1v) is 12.9. The molecule has 2 aromatic carbocycles. The van der Waals surface area contributed by atoms with Gasteiger partial charge in [0, 0.05) is 31.3 Å². The Kier molecular flexibility index (Phi) is 8.13. The molecule has 2 heterocycles. The van der Waals surface area contributed by atoms with Crippen LogP contribution in [0.25, 0.3) is 11.1 Å². The lowest BCUT2D eigenvalue weighted by Gasteiger charge is -2.21. The summed E-state index contributed by atoms with van der Waals surface area (Å²) in [5.41, 5.74) is 2.87. The molecule has 3 aromatic rings. The number of aromatic nitrogens is 1. The van der Waals surface area contributed by atoms with Crippen molar-refractivity contribution in [3.8, 4) is 23.3 Å². The number of rotatable bonds is 9. The van der Waals surface area contributed by atoms with Crippen LogP contribution in [0.4, 0.5) is 16.0 Å². The summed E-state index contributed by atoms with van der Waals surface area (Å²) in [5.74, 6) is 0.631. The van der Waals surface area contributed by atoms with Gasteiger partial charge in [0.15, 0.2) is 0 Å². The molecule has 0 radical (unpaired) electrons. The Morgan fingerprint density at radius 3 is 2.58 bits per heavy atom. The number of hydrogen-bond donors (Lipinski definition) is 4. The highest BCUT2D eigenvalue weighted by Crippen LogP contribution is 2.39. The lowest BCUT2D eigenvalue weighted by molar-refractivity contribution is 0.0996. The average molecular weight is 539 g/mol. The van der Waals surface area contributed by atoms with E-state index in [2.05, 4.69) is 33.1 Å². The fraction of sp³-hybridized carbons (Fsp3) is 0.300. The van der Waals surface area contributed by atoms with E-state index < -0.39 is 5.67 Å². The summed E-state index contributed by atoms with van der Waals surface area (Å²) in [6.07, 6.45) is 0.248. The molecular weight excluding hydrogens is 507 g/mol. The number of amidine groups is 1. The summed E-state index contributed by atoms with van der Waals surface area (Å²) in [6.45, 7) is 3.93. The molecule has 1 aliphatic heterocycles. The number of hydrogen-bond acceptors (Lipinski definition) is 7. The molecular formula is C30H31FN8O. The van der Waals surface area contributed by atoms with Crippen LogP contribution in [0.1, 0.15) is 58.4 Å². The maximum Gasteiger partial charge on any atom is 0.260 e. The van der Waals surface area contributed by atoms with E-state index in [1.165, 1.54) is 18.7 Å². The molecule has 1 aliphatic rings. The SMILES string of the molecule is CNCc1cc2c(c(C(C)(C)F)c1)CN(c1cc(-c3cc(C#N)ccc3C(=N)NC)cc(NCCC#N)n1)C2=O. The van der Waals surface area contributed by atoms with Crippen LogP contribution in [-0.2, 0) is 18.8 Å². The number of nitrogens with zero attached hydrogens (tertiary/aromatic N) is 4. The van der Waals surface area contributed by atoms with Crippen molar-refractivity contribution in [1.29, 1.82) is 15.9 Å². The molecule has 0 bridgehead atoms. The third-order valence-electron chi connectivity index (χ3n) is 6.73. The monoisotopic (exact) mass is 538 g/mol. The topological polar surface area (TPSA) is 141 Å². The fourth-order valence-corrected chi connectivity index (χ4v) is 4.84. The van der Waals surface area contributed by atoms with Crippen molar-refractivity contribution in [2.75, 3.05) is 30.9 Å². The molecule has 1 amide bonds. The number of fused-ring (bicyclic) bond motifs is 1. The summed E-state index contributed by atoms with van der Waals surface area (Å²) in [5, 5.41) is 36.0.